The van der Waals surface area contributed by atoms with Crippen LogP contribution in [0.1, 0.15) is 34.5 Å². The fourth-order valence-corrected chi connectivity index (χ4v) is 4.73. The number of nitriles is 1. The van der Waals surface area contributed by atoms with Gasteiger partial charge in [0.2, 0.25) is 0 Å². The molecule has 4 heterocycles. The van der Waals surface area contributed by atoms with Crippen molar-refractivity contribution >= 4 is 0 Å². The highest BCUT2D eigenvalue weighted by atomic mass is 19.1. The highest BCUT2D eigenvalue weighted by Crippen LogP contribution is 2.31. The molecular formula is C23H25FN8O2. The monoisotopic (exact) mass is 464 g/mol. The van der Waals surface area contributed by atoms with E-state index in [9.17, 15) is 14.8 Å². The number of morpholine rings is 1. The van der Waals surface area contributed by atoms with Gasteiger partial charge in [0.05, 0.1) is 24.4 Å². The number of pyridine rings is 1. The Kier molecular flexibility index (Phi) is 6.30. The molecular weight excluding hydrogens is 439 g/mol. The quantitative estimate of drug-likeness (QED) is 0.594. The van der Waals surface area contributed by atoms with E-state index in [2.05, 4.69) is 30.3 Å². The van der Waals surface area contributed by atoms with Crippen molar-refractivity contribution in [1.29, 1.82) is 5.26 Å². The molecule has 2 aromatic heterocycles. The van der Waals surface area contributed by atoms with Gasteiger partial charge in [0.15, 0.2) is 5.82 Å². The van der Waals surface area contributed by atoms with E-state index in [1.54, 1.807) is 25.3 Å². The van der Waals surface area contributed by atoms with Gasteiger partial charge in [0.1, 0.15) is 18.2 Å². The topological polar surface area (TPSA) is 116 Å². The Morgan fingerprint density at radius 1 is 1.26 bits per heavy atom. The van der Waals surface area contributed by atoms with Crippen LogP contribution in [-0.2, 0) is 4.74 Å². The molecule has 0 saturated carbocycles. The second kappa shape index (κ2) is 9.52. The van der Waals surface area contributed by atoms with E-state index in [-0.39, 0.29) is 17.7 Å². The molecule has 1 N–H and O–H groups in total. The molecule has 10 nitrogen and oxygen atoms in total. The van der Waals surface area contributed by atoms with Crippen molar-refractivity contribution in [2.75, 3.05) is 39.3 Å². The Morgan fingerprint density at radius 2 is 2.15 bits per heavy atom. The smallest absolute Gasteiger partial charge is 0.156 e. The van der Waals surface area contributed by atoms with Crippen LogP contribution in [0.3, 0.4) is 0 Å². The third-order valence-electron chi connectivity index (χ3n) is 6.66. The minimum atomic E-state index is -0.662. The van der Waals surface area contributed by atoms with Gasteiger partial charge in [-0.2, -0.15) is 9.94 Å². The van der Waals surface area contributed by atoms with Crippen molar-refractivity contribution in [2.45, 2.75) is 25.2 Å². The lowest BCUT2D eigenvalue weighted by molar-refractivity contribution is -0.0939. The Hall–Kier alpha value is -3.30. The average molecular weight is 465 g/mol. The SMILES string of the molecule is Cc1c([C@H]2CN3CCN(CC(O)c4ccc(-n5cnnn5)nc4)C[C@@H]3CO2)ccc(F)c1C#N. The summed E-state index contributed by atoms with van der Waals surface area (Å²) in [7, 11) is 0. The molecule has 2 aliphatic heterocycles. The first-order valence-electron chi connectivity index (χ1n) is 11.2. The molecule has 0 spiro atoms. The molecule has 0 radical (unpaired) electrons. The highest BCUT2D eigenvalue weighted by molar-refractivity contribution is 5.44. The number of fused-ring (bicyclic) bond motifs is 1. The number of hydrogen-bond acceptors (Lipinski definition) is 9. The van der Waals surface area contributed by atoms with Crippen LogP contribution in [-0.4, -0.2) is 85.5 Å². The number of aromatic nitrogens is 5. The molecule has 2 aliphatic rings. The number of nitrogens with zero attached hydrogens (tertiary/aromatic N) is 8. The minimum absolute atomic E-state index is 0.0857. The first-order valence-corrected chi connectivity index (χ1v) is 11.2. The van der Waals surface area contributed by atoms with Gasteiger partial charge in [-0.05, 0) is 40.6 Å². The molecule has 0 bridgehead atoms. The van der Waals surface area contributed by atoms with Crippen molar-refractivity contribution < 1.29 is 14.2 Å². The van der Waals surface area contributed by atoms with Gasteiger partial charge < -0.3 is 9.84 Å². The molecule has 34 heavy (non-hydrogen) atoms. The van der Waals surface area contributed by atoms with E-state index in [4.69, 9.17) is 4.74 Å². The lowest BCUT2D eigenvalue weighted by atomic mass is 9.96. The molecule has 1 unspecified atom stereocenters. The maximum Gasteiger partial charge on any atom is 0.156 e. The molecule has 0 aliphatic carbocycles. The fourth-order valence-electron chi connectivity index (χ4n) is 4.73. The van der Waals surface area contributed by atoms with Crippen LogP contribution in [0.5, 0.6) is 0 Å². The summed E-state index contributed by atoms with van der Waals surface area (Å²) < 4.78 is 21.5. The van der Waals surface area contributed by atoms with Gasteiger partial charge in [-0.3, -0.25) is 9.80 Å². The number of ether oxygens (including phenoxy) is 1. The minimum Gasteiger partial charge on any atom is -0.387 e. The number of benzene rings is 1. The number of hydrogen-bond donors (Lipinski definition) is 1. The highest BCUT2D eigenvalue weighted by Gasteiger charge is 2.35. The zero-order chi connectivity index (χ0) is 23.7. The van der Waals surface area contributed by atoms with Crippen molar-refractivity contribution in [3.8, 4) is 11.9 Å². The zero-order valence-corrected chi connectivity index (χ0v) is 18.7. The van der Waals surface area contributed by atoms with Crippen LogP contribution in [0.25, 0.3) is 5.82 Å². The summed E-state index contributed by atoms with van der Waals surface area (Å²) in [4.78, 5) is 8.95. The molecule has 3 atom stereocenters. The number of rotatable bonds is 5. The van der Waals surface area contributed by atoms with Gasteiger partial charge in [0.25, 0.3) is 0 Å². The largest absolute Gasteiger partial charge is 0.387 e. The van der Waals surface area contributed by atoms with Gasteiger partial charge in [-0.15, -0.1) is 5.10 Å². The Balaban J connectivity index is 1.18. The first kappa shape index (κ1) is 22.5. The number of aliphatic hydroxyl groups excluding tert-OH is 1. The summed E-state index contributed by atoms with van der Waals surface area (Å²) in [6.45, 7) is 5.96. The first-order chi connectivity index (χ1) is 16.5. The van der Waals surface area contributed by atoms with E-state index in [0.717, 1.165) is 30.8 Å². The predicted molar refractivity (Wildman–Crippen MR) is 118 cm³/mol. The fraction of sp³-hybridized carbons (Fsp3) is 0.435. The second-order valence-corrected chi connectivity index (χ2v) is 8.70. The van der Waals surface area contributed by atoms with Gasteiger partial charge in [-0.25, -0.2) is 9.37 Å². The summed E-state index contributed by atoms with van der Waals surface area (Å²) in [5, 5.41) is 31.0. The zero-order valence-electron chi connectivity index (χ0n) is 18.7. The van der Waals surface area contributed by atoms with Gasteiger partial charge in [0, 0.05) is 50.5 Å². The van der Waals surface area contributed by atoms with Crippen LogP contribution < -0.4 is 0 Å². The molecule has 11 heteroatoms. The van der Waals surface area contributed by atoms with Gasteiger partial charge >= 0.3 is 0 Å². The molecule has 1 aromatic carbocycles. The second-order valence-electron chi connectivity index (χ2n) is 8.70. The van der Waals surface area contributed by atoms with Crippen LogP contribution in [0.15, 0.2) is 36.8 Å². The van der Waals surface area contributed by atoms with E-state index in [0.29, 0.717) is 31.1 Å². The summed E-state index contributed by atoms with van der Waals surface area (Å²) >= 11 is 0. The number of halogens is 1. The van der Waals surface area contributed by atoms with Crippen molar-refractivity contribution in [2.24, 2.45) is 0 Å². The normalized spacial score (nSPS) is 22.2. The number of piperazine rings is 1. The van der Waals surface area contributed by atoms with E-state index in [1.807, 2.05) is 12.1 Å². The summed E-state index contributed by atoms with van der Waals surface area (Å²) in [6.07, 6.45) is 2.26. The van der Waals surface area contributed by atoms with Crippen LogP contribution in [0.2, 0.25) is 0 Å². The third-order valence-corrected chi connectivity index (χ3v) is 6.66. The number of β-amino-alcohol motifs (C(OH)–C–C–N with tert-alkyl or cyclic N) is 1. The summed E-state index contributed by atoms with van der Waals surface area (Å²) in [6, 6.07) is 8.85. The standard InChI is InChI=1S/C23H25FN8O2/c1-15-18(3-4-20(24)19(15)8-25)22-12-31-7-6-30(10-17(31)13-34-22)11-21(33)16-2-5-23(26-9-16)32-14-27-28-29-32/h2-5,9,14,17,21-22,33H,6-7,10-13H2,1H3/t17-,21?,22-/m1/s1. The van der Waals surface area contributed by atoms with Crippen LogP contribution in [0.4, 0.5) is 4.39 Å². The Labute approximate surface area is 196 Å². The molecule has 176 valence electrons. The molecule has 3 aromatic rings. The lowest BCUT2D eigenvalue weighted by Crippen LogP contribution is -2.58. The predicted octanol–water partition coefficient (Wildman–Crippen LogP) is 1.17. The Bertz CT molecular complexity index is 1180. The van der Waals surface area contributed by atoms with E-state index < -0.39 is 11.9 Å². The van der Waals surface area contributed by atoms with E-state index in [1.165, 1.54) is 17.1 Å². The molecule has 2 fully saturated rings. The number of tetrazole rings is 1. The third kappa shape index (κ3) is 4.41. The van der Waals surface area contributed by atoms with Crippen LogP contribution in [0, 0.1) is 24.1 Å². The molecule has 2 saturated heterocycles. The number of aliphatic hydroxyl groups is 1. The maximum absolute atomic E-state index is 13.9. The molecule has 0 amide bonds. The summed E-state index contributed by atoms with van der Waals surface area (Å²) in [5.41, 5.74) is 2.33. The summed E-state index contributed by atoms with van der Waals surface area (Å²) in [5.74, 6) is 0.0894. The van der Waals surface area contributed by atoms with E-state index >= 15 is 0 Å². The van der Waals surface area contributed by atoms with Crippen LogP contribution >= 0.6 is 0 Å². The van der Waals surface area contributed by atoms with Crippen molar-refractivity contribution in [3.63, 3.8) is 0 Å². The maximum atomic E-state index is 13.9. The van der Waals surface area contributed by atoms with Crippen molar-refractivity contribution in [3.05, 3.63) is 64.9 Å². The average Bonchev–Trinajstić information content (AvgIpc) is 3.39. The Morgan fingerprint density at radius 3 is 2.88 bits per heavy atom. The lowest BCUT2D eigenvalue weighted by Gasteiger charge is -2.46. The van der Waals surface area contributed by atoms with Crippen molar-refractivity contribution in [1.82, 2.24) is 35.0 Å². The van der Waals surface area contributed by atoms with Gasteiger partial charge in [-0.1, -0.05) is 12.1 Å². The molecule has 5 rings (SSSR count).